The van der Waals surface area contributed by atoms with Crippen molar-refractivity contribution in [2.45, 2.75) is 32.2 Å². The number of hydrogen-bond acceptors (Lipinski definition) is 5. The molecule has 25 heavy (non-hydrogen) atoms. The van der Waals surface area contributed by atoms with Gasteiger partial charge in [-0.25, -0.2) is 0 Å². The first kappa shape index (κ1) is 23.0. The number of ether oxygens (including phenoxy) is 2. The van der Waals surface area contributed by atoms with Crippen LogP contribution in [0.2, 0.25) is 0 Å². The maximum absolute atomic E-state index is 12.3. The highest BCUT2D eigenvalue weighted by molar-refractivity contribution is 5.96. The molecule has 0 fully saturated rings. The van der Waals surface area contributed by atoms with Gasteiger partial charge in [0.05, 0.1) is 26.3 Å². The Morgan fingerprint density at radius 1 is 1.20 bits per heavy atom. The van der Waals surface area contributed by atoms with E-state index in [0.29, 0.717) is 23.6 Å². The van der Waals surface area contributed by atoms with Crippen molar-refractivity contribution in [3.63, 3.8) is 0 Å². The van der Waals surface area contributed by atoms with Crippen LogP contribution in [-0.4, -0.2) is 50.1 Å². The molecule has 0 bridgehead atoms. The third-order valence-electron chi connectivity index (χ3n) is 3.62. The molecule has 0 saturated heterocycles. The Hall–Kier alpha value is -1.99. The zero-order valence-corrected chi connectivity index (χ0v) is 16.2. The number of nitrogens with zero attached hydrogens (tertiary/aromatic N) is 1. The summed E-state index contributed by atoms with van der Waals surface area (Å²) >= 11 is 0. The van der Waals surface area contributed by atoms with Gasteiger partial charge in [0.15, 0.2) is 0 Å². The third kappa shape index (κ3) is 6.80. The number of nitrogens with one attached hydrogen (secondary N) is 1. The lowest BCUT2D eigenvalue weighted by Gasteiger charge is -2.28. The molecule has 2 amide bonds. The fraction of sp³-hybridized carbons (Fsp3) is 0.529. The second-order valence-corrected chi connectivity index (χ2v) is 5.98. The summed E-state index contributed by atoms with van der Waals surface area (Å²) in [4.78, 5) is 25.8. The smallest absolute Gasteiger partial charge is 0.243 e. The Bertz CT molecular complexity index is 571. The highest BCUT2D eigenvalue weighted by Gasteiger charge is 2.30. The van der Waals surface area contributed by atoms with Gasteiger partial charge in [-0.15, -0.1) is 12.4 Å². The van der Waals surface area contributed by atoms with Crippen molar-refractivity contribution in [3.05, 3.63) is 18.2 Å². The summed E-state index contributed by atoms with van der Waals surface area (Å²) in [6, 6.07) is 5.05. The summed E-state index contributed by atoms with van der Waals surface area (Å²) in [5, 5.41) is 2.73. The SMILES string of the molecule is CCCC(C)(N)C(=O)N(C)CC(=O)Nc1cc(OC)cc(OC)c1.Cl. The molecule has 0 saturated carbocycles. The quantitative estimate of drug-likeness (QED) is 0.727. The third-order valence-corrected chi connectivity index (χ3v) is 3.62. The second-order valence-electron chi connectivity index (χ2n) is 5.98. The summed E-state index contributed by atoms with van der Waals surface area (Å²) in [6.45, 7) is 3.55. The van der Waals surface area contributed by atoms with E-state index >= 15 is 0 Å². The molecule has 1 aromatic carbocycles. The fourth-order valence-corrected chi connectivity index (χ4v) is 2.43. The van der Waals surface area contributed by atoms with Crippen LogP contribution < -0.4 is 20.5 Å². The number of hydrogen-bond donors (Lipinski definition) is 2. The van der Waals surface area contributed by atoms with Crippen molar-refractivity contribution < 1.29 is 19.1 Å². The summed E-state index contributed by atoms with van der Waals surface area (Å²) in [6.07, 6.45) is 1.35. The summed E-state index contributed by atoms with van der Waals surface area (Å²) in [5.41, 5.74) is 5.58. The minimum atomic E-state index is -0.969. The van der Waals surface area contributed by atoms with Crippen LogP contribution >= 0.6 is 12.4 Å². The van der Waals surface area contributed by atoms with Crippen LogP contribution in [-0.2, 0) is 9.59 Å². The minimum Gasteiger partial charge on any atom is -0.497 e. The van der Waals surface area contributed by atoms with Crippen LogP contribution in [0.1, 0.15) is 26.7 Å². The van der Waals surface area contributed by atoms with E-state index in [1.54, 1.807) is 32.2 Å². The molecule has 1 rings (SSSR count). The van der Waals surface area contributed by atoms with E-state index in [2.05, 4.69) is 5.32 Å². The number of nitrogens with two attached hydrogens (primary N) is 1. The van der Waals surface area contributed by atoms with Crippen LogP contribution in [0.5, 0.6) is 11.5 Å². The molecule has 8 heteroatoms. The first-order valence-corrected chi connectivity index (χ1v) is 7.80. The molecule has 0 spiro atoms. The molecule has 142 valence electrons. The summed E-state index contributed by atoms with van der Waals surface area (Å²) < 4.78 is 10.3. The number of anilines is 1. The number of amides is 2. The Balaban J connectivity index is 0.00000576. The second kappa shape index (κ2) is 10.1. The molecule has 0 aliphatic carbocycles. The molecule has 0 heterocycles. The van der Waals surface area contributed by atoms with E-state index in [-0.39, 0.29) is 30.8 Å². The van der Waals surface area contributed by atoms with Gasteiger partial charge < -0.3 is 25.4 Å². The van der Waals surface area contributed by atoms with Gasteiger partial charge in [-0.1, -0.05) is 13.3 Å². The van der Waals surface area contributed by atoms with Gasteiger partial charge in [0, 0.05) is 30.9 Å². The lowest BCUT2D eigenvalue weighted by Crippen LogP contribution is -2.53. The standard InChI is InChI=1S/C17H27N3O4.ClH/c1-6-7-17(2,18)16(22)20(3)11-15(21)19-12-8-13(23-4)10-14(9-12)24-5;/h8-10H,6-7,11,18H2,1-5H3,(H,19,21);1H. The van der Waals surface area contributed by atoms with E-state index < -0.39 is 5.54 Å². The van der Waals surface area contributed by atoms with Gasteiger partial charge in [-0.3, -0.25) is 9.59 Å². The zero-order valence-electron chi connectivity index (χ0n) is 15.4. The molecule has 3 N–H and O–H groups in total. The van der Waals surface area contributed by atoms with E-state index in [1.165, 1.54) is 19.1 Å². The van der Waals surface area contributed by atoms with Crippen molar-refractivity contribution >= 4 is 29.9 Å². The van der Waals surface area contributed by atoms with Gasteiger partial charge in [-0.05, 0) is 13.3 Å². The Kier molecular flexibility index (Phi) is 9.30. The predicted molar refractivity (Wildman–Crippen MR) is 101 cm³/mol. The van der Waals surface area contributed by atoms with Crippen LogP contribution in [0, 0.1) is 0 Å². The zero-order chi connectivity index (χ0) is 18.3. The molecule has 0 aliphatic rings. The van der Waals surface area contributed by atoms with E-state index in [9.17, 15) is 9.59 Å². The molecular formula is C17H28ClN3O4. The number of rotatable bonds is 8. The Labute approximate surface area is 155 Å². The number of methoxy groups -OCH3 is 2. The molecule has 7 nitrogen and oxygen atoms in total. The summed E-state index contributed by atoms with van der Waals surface area (Å²) in [7, 11) is 4.63. The average Bonchev–Trinajstić information content (AvgIpc) is 2.53. The molecule has 0 aliphatic heterocycles. The van der Waals surface area contributed by atoms with Crippen molar-refractivity contribution in [1.82, 2.24) is 4.90 Å². The Morgan fingerprint density at radius 2 is 1.72 bits per heavy atom. The van der Waals surface area contributed by atoms with E-state index in [0.717, 1.165) is 6.42 Å². The average molecular weight is 374 g/mol. The first-order valence-electron chi connectivity index (χ1n) is 7.80. The van der Waals surface area contributed by atoms with Gasteiger partial charge in [-0.2, -0.15) is 0 Å². The van der Waals surface area contributed by atoms with Crippen LogP contribution in [0.4, 0.5) is 5.69 Å². The lowest BCUT2D eigenvalue weighted by atomic mass is 9.96. The normalized spacial score (nSPS) is 12.4. The fourth-order valence-electron chi connectivity index (χ4n) is 2.43. The highest BCUT2D eigenvalue weighted by Crippen LogP contribution is 2.25. The van der Waals surface area contributed by atoms with Crippen molar-refractivity contribution in [2.75, 3.05) is 33.1 Å². The molecule has 1 atom stereocenters. The van der Waals surface area contributed by atoms with Crippen LogP contribution in [0.25, 0.3) is 0 Å². The molecule has 1 unspecified atom stereocenters. The first-order chi connectivity index (χ1) is 11.2. The topological polar surface area (TPSA) is 93.9 Å². The van der Waals surface area contributed by atoms with Crippen LogP contribution in [0.15, 0.2) is 18.2 Å². The predicted octanol–water partition coefficient (Wildman–Crippen LogP) is 2.04. The number of likely N-dealkylation sites (N-methyl/N-ethyl adjacent to an activating group) is 1. The van der Waals surface area contributed by atoms with Crippen molar-refractivity contribution in [3.8, 4) is 11.5 Å². The molecule has 0 aromatic heterocycles. The van der Waals surface area contributed by atoms with Gasteiger partial charge in [0.2, 0.25) is 11.8 Å². The number of carbonyl (C=O) groups is 2. The van der Waals surface area contributed by atoms with Gasteiger partial charge in [0.1, 0.15) is 11.5 Å². The number of benzene rings is 1. The highest BCUT2D eigenvalue weighted by atomic mass is 35.5. The summed E-state index contributed by atoms with van der Waals surface area (Å²) in [5.74, 6) is 0.536. The minimum absolute atomic E-state index is 0. The molecular weight excluding hydrogens is 346 g/mol. The monoisotopic (exact) mass is 373 g/mol. The van der Waals surface area contributed by atoms with Crippen LogP contribution in [0.3, 0.4) is 0 Å². The number of carbonyl (C=O) groups excluding carboxylic acids is 2. The lowest BCUT2D eigenvalue weighted by molar-refractivity contribution is -0.137. The molecule has 0 radical (unpaired) electrons. The number of halogens is 1. The largest absolute Gasteiger partial charge is 0.497 e. The van der Waals surface area contributed by atoms with Crippen molar-refractivity contribution in [2.24, 2.45) is 5.73 Å². The molecule has 1 aromatic rings. The maximum Gasteiger partial charge on any atom is 0.243 e. The Morgan fingerprint density at radius 3 is 2.16 bits per heavy atom. The maximum atomic E-state index is 12.3. The van der Waals surface area contributed by atoms with E-state index in [1.807, 2.05) is 6.92 Å². The van der Waals surface area contributed by atoms with Crippen molar-refractivity contribution in [1.29, 1.82) is 0 Å². The van der Waals surface area contributed by atoms with Gasteiger partial charge >= 0.3 is 0 Å². The van der Waals surface area contributed by atoms with E-state index in [4.69, 9.17) is 15.2 Å². The van der Waals surface area contributed by atoms with Gasteiger partial charge in [0.25, 0.3) is 0 Å².